The Morgan fingerprint density at radius 3 is 2.62 bits per heavy atom. The molecule has 0 spiro atoms. The molecule has 0 bridgehead atoms. The molecule has 1 saturated heterocycles. The molecule has 2 aliphatic heterocycles. The fourth-order valence-corrected chi connectivity index (χ4v) is 4.03. The molecule has 0 N–H and O–H groups in total. The molecular formula is C22H29N5O2. The van der Waals surface area contributed by atoms with Crippen LogP contribution in [0, 0.1) is 0 Å². The molecule has 0 atom stereocenters. The molecule has 1 fully saturated rings. The Morgan fingerprint density at radius 1 is 1.07 bits per heavy atom. The van der Waals surface area contributed by atoms with Gasteiger partial charge in [-0.3, -0.25) is 9.69 Å². The third kappa shape index (κ3) is 4.50. The van der Waals surface area contributed by atoms with Gasteiger partial charge in [-0.05, 0) is 38.3 Å². The molecule has 0 radical (unpaired) electrons. The molecule has 29 heavy (non-hydrogen) atoms. The summed E-state index contributed by atoms with van der Waals surface area (Å²) < 4.78 is 5.81. The third-order valence-corrected chi connectivity index (χ3v) is 5.44. The Bertz CT molecular complexity index is 849. The first-order chi connectivity index (χ1) is 14.1. The first kappa shape index (κ1) is 19.6. The normalized spacial score (nSPS) is 17.3. The number of piperazine rings is 1. The molecule has 3 heterocycles. The van der Waals surface area contributed by atoms with Crippen molar-refractivity contribution in [3.05, 3.63) is 42.2 Å². The van der Waals surface area contributed by atoms with Gasteiger partial charge in [0.1, 0.15) is 0 Å². The van der Waals surface area contributed by atoms with Gasteiger partial charge < -0.3 is 14.5 Å². The van der Waals surface area contributed by atoms with Crippen molar-refractivity contribution in [2.45, 2.75) is 32.8 Å². The van der Waals surface area contributed by atoms with Crippen LogP contribution in [0.3, 0.4) is 0 Å². The van der Waals surface area contributed by atoms with E-state index in [0.717, 1.165) is 57.1 Å². The summed E-state index contributed by atoms with van der Waals surface area (Å²) in [6, 6.07) is 8.26. The van der Waals surface area contributed by atoms with E-state index in [1.54, 1.807) is 12.4 Å². The minimum absolute atomic E-state index is 0.0526. The van der Waals surface area contributed by atoms with Crippen LogP contribution in [0.5, 0.6) is 5.88 Å². The van der Waals surface area contributed by atoms with Crippen LogP contribution in [0.4, 0.5) is 11.5 Å². The van der Waals surface area contributed by atoms with Crippen molar-refractivity contribution in [2.24, 2.45) is 0 Å². The van der Waals surface area contributed by atoms with E-state index in [1.165, 1.54) is 5.56 Å². The summed E-state index contributed by atoms with van der Waals surface area (Å²) in [4.78, 5) is 28.2. The number of nitrogens with zero attached hydrogens (tertiary/aromatic N) is 5. The number of carbonyl (C=O) groups is 1. The number of carbonyl (C=O) groups excluding carboxylic acids is 1. The SMILES string of the molecule is CC(C)Oc1nccnc1N1CCN(CC(=O)N2CCCc3ccccc32)CC1. The Hall–Kier alpha value is -2.67. The van der Waals surface area contributed by atoms with E-state index >= 15 is 0 Å². The Balaban J connectivity index is 1.36. The number of fused-ring (bicyclic) bond motifs is 1. The van der Waals surface area contributed by atoms with Crippen LogP contribution in [0.1, 0.15) is 25.8 Å². The second-order valence-corrected chi connectivity index (χ2v) is 7.89. The van der Waals surface area contributed by atoms with Gasteiger partial charge in [-0.15, -0.1) is 0 Å². The lowest BCUT2D eigenvalue weighted by Crippen LogP contribution is -2.51. The molecule has 7 heteroatoms. The molecule has 2 aliphatic rings. The first-order valence-corrected chi connectivity index (χ1v) is 10.4. The highest BCUT2D eigenvalue weighted by Crippen LogP contribution is 2.27. The summed E-state index contributed by atoms with van der Waals surface area (Å²) in [5, 5.41) is 0. The minimum atomic E-state index is 0.0526. The lowest BCUT2D eigenvalue weighted by atomic mass is 10.0. The molecule has 0 saturated carbocycles. The van der Waals surface area contributed by atoms with Crippen molar-refractivity contribution < 1.29 is 9.53 Å². The van der Waals surface area contributed by atoms with Crippen molar-refractivity contribution in [3.8, 4) is 5.88 Å². The summed E-state index contributed by atoms with van der Waals surface area (Å²) in [5.74, 6) is 1.56. The fraction of sp³-hybridized carbons (Fsp3) is 0.500. The molecular weight excluding hydrogens is 366 g/mol. The van der Waals surface area contributed by atoms with E-state index in [9.17, 15) is 4.79 Å². The van der Waals surface area contributed by atoms with Crippen LogP contribution in [-0.2, 0) is 11.2 Å². The van der Waals surface area contributed by atoms with Crippen molar-refractivity contribution >= 4 is 17.4 Å². The monoisotopic (exact) mass is 395 g/mol. The quantitative estimate of drug-likeness (QED) is 0.775. The van der Waals surface area contributed by atoms with Crippen molar-refractivity contribution in [2.75, 3.05) is 49.1 Å². The molecule has 1 aromatic heterocycles. The summed E-state index contributed by atoms with van der Waals surface area (Å²) in [6.45, 7) is 8.48. The Labute approximate surface area is 172 Å². The maximum atomic E-state index is 13.0. The number of amides is 1. The number of hydrogen-bond donors (Lipinski definition) is 0. The number of aryl methyl sites for hydroxylation is 1. The summed E-state index contributed by atoms with van der Waals surface area (Å²) in [7, 11) is 0. The van der Waals surface area contributed by atoms with E-state index in [1.807, 2.05) is 24.8 Å². The van der Waals surface area contributed by atoms with Gasteiger partial charge in [-0.25, -0.2) is 9.97 Å². The van der Waals surface area contributed by atoms with Crippen LogP contribution in [0.2, 0.25) is 0 Å². The summed E-state index contributed by atoms with van der Waals surface area (Å²) in [6.07, 6.45) is 5.50. The highest BCUT2D eigenvalue weighted by Gasteiger charge is 2.27. The van der Waals surface area contributed by atoms with E-state index in [0.29, 0.717) is 12.4 Å². The van der Waals surface area contributed by atoms with Gasteiger partial charge in [-0.2, -0.15) is 0 Å². The highest BCUT2D eigenvalue weighted by atomic mass is 16.5. The molecule has 0 aliphatic carbocycles. The Morgan fingerprint density at radius 2 is 1.83 bits per heavy atom. The van der Waals surface area contributed by atoms with Gasteiger partial charge in [0.2, 0.25) is 5.91 Å². The van der Waals surface area contributed by atoms with Crippen LogP contribution >= 0.6 is 0 Å². The average molecular weight is 396 g/mol. The number of hydrogen-bond acceptors (Lipinski definition) is 6. The molecule has 1 amide bonds. The van der Waals surface area contributed by atoms with Gasteiger partial charge in [0.25, 0.3) is 5.88 Å². The minimum Gasteiger partial charge on any atom is -0.472 e. The molecule has 154 valence electrons. The lowest BCUT2D eigenvalue weighted by molar-refractivity contribution is -0.119. The van der Waals surface area contributed by atoms with Gasteiger partial charge in [0.15, 0.2) is 5.82 Å². The second-order valence-electron chi connectivity index (χ2n) is 7.89. The van der Waals surface area contributed by atoms with Gasteiger partial charge in [0.05, 0.1) is 12.6 Å². The van der Waals surface area contributed by atoms with E-state index < -0.39 is 0 Å². The number of ether oxygens (including phenoxy) is 1. The summed E-state index contributed by atoms with van der Waals surface area (Å²) >= 11 is 0. The van der Waals surface area contributed by atoms with Crippen LogP contribution in [-0.4, -0.2) is 66.1 Å². The third-order valence-electron chi connectivity index (χ3n) is 5.44. The second kappa shape index (κ2) is 8.78. The maximum Gasteiger partial charge on any atom is 0.257 e. The predicted octanol–water partition coefficient (Wildman–Crippen LogP) is 2.37. The molecule has 7 nitrogen and oxygen atoms in total. The number of para-hydroxylation sites is 1. The molecule has 0 unspecified atom stereocenters. The lowest BCUT2D eigenvalue weighted by Gasteiger charge is -2.37. The van der Waals surface area contributed by atoms with Crippen LogP contribution in [0.25, 0.3) is 0 Å². The Kier molecular flexibility index (Phi) is 5.94. The van der Waals surface area contributed by atoms with Crippen molar-refractivity contribution in [3.63, 3.8) is 0 Å². The van der Waals surface area contributed by atoms with Gasteiger partial charge in [-0.1, -0.05) is 18.2 Å². The zero-order chi connectivity index (χ0) is 20.2. The topological polar surface area (TPSA) is 61.8 Å². The molecule has 2 aromatic rings. The number of anilines is 2. The number of aromatic nitrogens is 2. The van der Waals surface area contributed by atoms with Crippen molar-refractivity contribution in [1.82, 2.24) is 14.9 Å². The fourth-order valence-electron chi connectivity index (χ4n) is 4.03. The smallest absolute Gasteiger partial charge is 0.257 e. The van der Waals surface area contributed by atoms with Crippen molar-refractivity contribution in [1.29, 1.82) is 0 Å². The molecule has 4 rings (SSSR count). The van der Waals surface area contributed by atoms with Crippen LogP contribution in [0.15, 0.2) is 36.7 Å². The number of rotatable bonds is 5. The zero-order valence-electron chi connectivity index (χ0n) is 17.3. The van der Waals surface area contributed by atoms with E-state index in [-0.39, 0.29) is 12.0 Å². The highest BCUT2D eigenvalue weighted by molar-refractivity contribution is 5.96. The average Bonchev–Trinajstić information content (AvgIpc) is 2.74. The van der Waals surface area contributed by atoms with Gasteiger partial charge >= 0.3 is 0 Å². The van der Waals surface area contributed by atoms with Gasteiger partial charge in [0, 0.05) is 50.8 Å². The zero-order valence-corrected chi connectivity index (χ0v) is 17.3. The number of benzene rings is 1. The summed E-state index contributed by atoms with van der Waals surface area (Å²) in [5.41, 5.74) is 2.36. The van der Waals surface area contributed by atoms with E-state index in [2.05, 4.69) is 38.0 Å². The standard InChI is InChI=1S/C22H29N5O2/c1-17(2)29-22-21(23-9-10-24-22)26-14-12-25(13-15-26)16-20(28)27-11-5-7-18-6-3-4-8-19(18)27/h3-4,6,8-10,17H,5,7,11-16H2,1-2H3. The molecule has 1 aromatic carbocycles. The van der Waals surface area contributed by atoms with Crippen LogP contribution < -0.4 is 14.5 Å². The first-order valence-electron chi connectivity index (χ1n) is 10.4. The largest absolute Gasteiger partial charge is 0.472 e. The maximum absolute atomic E-state index is 13.0. The predicted molar refractivity (Wildman–Crippen MR) is 114 cm³/mol. The van der Waals surface area contributed by atoms with E-state index in [4.69, 9.17) is 4.74 Å².